The quantitative estimate of drug-likeness (QED) is 0.482. The second-order valence-electron chi connectivity index (χ2n) is 6.78. The van der Waals surface area contributed by atoms with Crippen LogP contribution in [0.4, 0.5) is 5.69 Å². The molecule has 0 bridgehead atoms. The molecule has 29 heavy (non-hydrogen) atoms. The lowest BCUT2D eigenvalue weighted by atomic mass is 10.0. The Morgan fingerprint density at radius 3 is 2.38 bits per heavy atom. The van der Waals surface area contributed by atoms with Gasteiger partial charge in [-0.05, 0) is 36.6 Å². The van der Waals surface area contributed by atoms with E-state index in [-0.39, 0.29) is 18.6 Å². The zero-order valence-electron chi connectivity index (χ0n) is 17.1. The highest BCUT2D eigenvalue weighted by atomic mass is 16.5. The normalized spacial score (nSPS) is 10.3. The van der Waals surface area contributed by atoms with E-state index in [1.807, 2.05) is 25.1 Å². The Hall–Kier alpha value is -3.15. The smallest absolute Gasteiger partial charge is 0.306 e. The van der Waals surface area contributed by atoms with Gasteiger partial charge in [-0.25, -0.2) is 0 Å². The fraction of sp³-hybridized carbons (Fsp3) is 0.348. The number of carbonyl (C=O) groups is 3. The lowest BCUT2D eigenvalue weighted by Crippen LogP contribution is -2.21. The SMILES string of the molecule is CCCc1ccc(C(=O)CCC(=O)OCC(=O)Nc2cc(C)ccc2OC)cc1. The minimum Gasteiger partial charge on any atom is -0.495 e. The van der Waals surface area contributed by atoms with Crippen LogP contribution in [0.25, 0.3) is 0 Å². The molecule has 0 aromatic heterocycles. The van der Waals surface area contributed by atoms with Gasteiger partial charge < -0.3 is 14.8 Å². The van der Waals surface area contributed by atoms with Crippen LogP contribution >= 0.6 is 0 Å². The van der Waals surface area contributed by atoms with Crippen LogP contribution in [0.15, 0.2) is 42.5 Å². The fourth-order valence-electron chi connectivity index (χ4n) is 2.83. The highest BCUT2D eigenvalue weighted by molar-refractivity contribution is 5.98. The average Bonchev–Trinajstić information content (AvgIpc) is 2.71. The summed E-state index contributed by atoms with van der Waals surface area (Å²) >= 11 is 0. The standard InChI is InChI=1S/C23H27NO5/c1-4-5-17-7-9-18(10-8-17)20(25)11-13-23(27)29-15-22(26)24-19-14-16(2)6-12-21(19)28-3/h6-10,12,14H,4-5,11,13,15H2,1-3H3,(H,24,26). The third kappa shape index (κ3) is 7.07. The lowest BCUT2D eigenvalue weighted by Gasteiger charge is -2.11. The van der Waals surface area contributed by atoms with Crippen LogP contribution in [-0.2, 0) is 20.7 Å². The van der Waals surface area contributed by atoms with E-state index < -0.39 is 18.5 Å². The number of esters is 1. The molecule has 0 radical (unpaired) electrons. The van der Waals surface area contributed by atoms with Crippen molar-refractivity contribution >= 4 is 23.3 Å². The van der Waals surface area contributed by atoms with E-state index in [0.717, 1.165) is 18.4 Å². The molecule has 0 atom stereocenters. The van der Waals surface area contributed by atoms with E-state index >= 15 is 0 Å². The topological polar surface area (TPSA) is 81.7 Å². The first-order valence-corrected chi connectivity index (χ1v) is 9.65. The number of aryl methyl sites for hydroxylation is 2. The summed E-state index contributed by atoms with van der Waals surface area (Å²) in [7, 11) is 1.51. The minimum absolute atomic E-state index is 0.0410. The minimum atomic E-state index is -0.590. The first-order valence-electron chi connectivity index (χ1n) is 9.65. The maximum Gasteiger partial charge on any atom is 0.306 e. The predicted molar refractivity (Wildman–Crippen MR) is 111 cm³/mol. The van der Waals surface area contributed by atoms with Crippen LogP contribution in [0.1, 0.15) is 47.7 Å². The molecule has 2 aromatic rings. The Morgan fingerprint density at radius 2 is 1.72 bits per heavy atom. The molecular formula is C23H27NO5. The van der Waals surface area contributed by atoms with Crippen LogP contribution in [0.5, 0.6) is 5.75 Å². The van der Waals surface area contributed by atoms with Gasteiger partial charge in [-0.2, -0.15) is 0 Å². The van der Waals surface area contributed by atoms with Crippen molar-refractivity contribution in [2.75, 3.05) is 19.0 Å². The summed E-state index contributed by atoms with van der Waals surface area (Å²) in [5.41, 5.74) is 3.22. The fourth-order valence-corrected chi connectivity index (χ4v) is 2.83. The molecule has 154 valence electrons. The number of nitrogens with one attached hydrogen (secondary N) is 1. The summed E-state index contributed by atoms with van der Waals surface area (Å²) in [6.07, 6.45) is 1.98. The van der Waals surface area contributed by atoms with Gasteiger partial charge in [0, 0.05) is 12.0 Å². The first kappa shape index (κ1) is 22.1. The van der Waals surface area contributed by atoms with E-state index in [1.165, 1.54) is 12.7 Å². The molecule has 1 amide bonds. The van der Waals surface area contributed by atoms with Crippen molar-refractivity contribution < 1.29 is 23.9 Å². The molecular weight excluding hydrogens is 370 g/mol. The first-order chi connectivity index (χ1) is 13.9. The van der Waals surface area contributed by atoms with Crippen molar-refractivity contribution in [3.8, 4) is 5.75 Å². The summed E-state index contributed by atoms with van der Waals surface area (Å²) < 4.78 is 10.2. The van der Waals surface area contributed by atoms with Crippen molar-refractivity contribution in [2.45, 2.75) is 39.5 Å². The Morgan fingerprint density at radius 1 is 1.00 bits per heavy atom. The molecule has 0 spiro atoms. The van der Waals surface area contributed by atoms with Crippen LogP contribution in [-0.4, -0.2) is 31.4 Å². The largest absolute Gasteiger partial charge is 0.495 e. The number of ether oxygens (including phenoxy) is 2. The van der Waals surface area contributed by atoms with Crippen molar-refractivity contribution in [3.05, 3.63) is 59.2 Å². The summed E-state index contributed by atoms with van der Waals surface area (Å²) in [4.78, 5) is 36.1. The number of Topliss-reactive ketones (excluding diaryl/α,β-unsaturated/α-hetero) is 1. The zero-order chi connectivity index (χ0) is 21.2. The molecule has 0 aliphatic carbocycles. The second kappa shape index (κ2) is 11.0. The predicted octanol–water partition coefficient (Wildman–Crippen LogP) is 4.10. The van der Waals surface area contributed by atoms with Crippen LogP contribution in [0, 0.1) is 6.92 Å². The van der Waals surface area contributed by atoms with Crippen LogP contribution < -0.4 is 10.1 Å². The van der Waals surface area contributed by atoms with Crippen LogP contribution in [0.2, 0.25) is 0 Å². The molecule has 6 nitrogen and oxygen atoms in total. The van der Waals surface area contributed by atoms with Gasteiger partial charge in [0.05, 0.1) is 19.2 Å². The van der Waals surface area contributed by atoms with E-state index in [0.29, 0.717) is 17.0 Å². The van der Waals surface area contributed by atoms with Crippen molar-refractivity contribution in [1.82, 2.24) is 0 Å². The van der Waals surface area contributed by atoms with Gasteiger partial charge in [0.1, 0.15) is 5.75 Å². The Kier molecular flexibility index (Phi) is 8.40. The van der Waals surface area contributed by atoms with Crippen LogP contribution in [0.3, 0.4) is 0 Å². The van der Waals surface area contributed by atoms with Crippen molar-refractivity contribution in [2.24, 2.45) is 0 Å². The number of amides is 1. The molecule has 0 saturated carbocycles. The van der Waals surface area contributed by atoms with Gasteiger partial charge in [0.2, 0.25) is 0 Å². The highest BCUT2D eigenvalue weighted by Gasteiger charge is 2.13. The highest BCUT2D eigenvalue weighted by Crippen LogP contribution is 2.25. The molecule has 6 heteroatoms. The van der Waals surface area contributed by atoms with Crippen molar-refractivity contribution in [3.63, 3.8) is 0 Å². The number of hydrogen-bond donors (Lipinski definition) is 1. The number of benzene rings is 2. The van der Waals surface area contributed by atoms with Gasteiger partial charge in [0.25, 0.3) is 5.91 Å². The molecule has 0 fully saturated rings. The van der Waals surface area contributed by atoms with Gasteiger partial charge in [-0.15, -0.1) is 0 Å². The number of ketones is 1. The number of anilines is 1. The maximum absolute atomic E-state index is 12.2. The van der Waals surface area contributed by atoms with E-state index in [9.17, 15) is 14.4 Å². The summed E-state index contributed by atoms with van der Waals surface area (Å²) in [5, 5.41) is 2.66. The van der Waals surface area contributed by atoms with Gasteiger partial charge in [-0.1, -0.05) is 43.7 Å². The molecule has 0 unspecified atom stereocenters. The van der Waals surface area contributed by atoms with Crippen molar-refractivity contribution in [1.29, 1.82) is 0 Å². The van der Waals surface area contributed by atoms with E-state index in [2.05, 4.69) is 12.2 Å². The lowest BCUT2D eigenvalue weighted by molar-refractivity contribution is -0.147. The van der Waals surface area contributed by atoms with Gasteiger partial charge in [-0.3, -0.25) is 14.4 Å². The zero-order valence-corrected chi connectivity index (χ0v) is 17.1. The Balaban J connectivity index is 1.77. The summed E-state index contributed by atoms with van der Waals surface area (Å²) in [5.74, 6) is -0.669. The van der Waals surface area contributed by atoms with E-state index in [4.69, 9.17) is 9.47 Å². The van der Waals surface area contributed by atoms with Gasteiger partial charge >= 0.3 is 5.97 Å². The monoisotopic (exact) mass is 397 g/mol. The summed E-state index contributed by atoms with van der Waals surface area (Å²) in [6, 6.07) is 12.8. The Bertz CT molecular complexity index is 858. The molecule has 0 heterocycles. The number of hydrogen-bond acceptors (Lipinski definition) is 5. The second-order valence-corrected chi connectivity index (χ2v) is 6.78. The maximum atomic E-state index is 12.2. The Labute approximate surface area is 171 Å². The number of methoxy groups -OCH3 is 1. The third-order valence-electron chi connectivity index (χ3n) is 4.36. The molecule has 0 aliphatic heterocycles. The molecule has 2 rings (SSSR count). The van der Waals surface area contributed by atoms with E-state index in [1.54, 1.807) is 24.3 Å². The average molecular weight is 397 g/mol. The number of rotatable bonds is 10. The van der Waals surface area contributed by atoms with Gasteiger partial charge in [0.15, 0.2) is 12.4 Å². The molecule has 2 aromatic carbocycles. The molecule has 0 saturated heterocycles. The molecule has 1 N–H and O–H groups in total. The third-order valence-corrected chi connectivity index (χ3v) is 4.36. The molecule has 0 aliphatic rings. The summed E-state index contributed by atoms with van der Waals surface area (Å²) in [6.45, 7) is 3.57. The number of carbonyl (C=O) groups excluding carboxylic acids is 3.